The Balaban J connectivity index is 2.40. The third kappa shape index (κ3) is 2.47. The van der Waals surface area contributed by atoms with Crippen LogP contribution in [0.25, 0.3) is 0 Å². The van der Waals surface area contributed by atoms with Crippen LogP contribution >= 0.6 is 11.8 Å². The average Bonchev–Trinajstić information content (AvgIpc) is 2.54. The first-order chi connectivity index (χ1) is 7.85. The first-order valence-electron chi connectivity index (χ1n) is 5.73. The van der Waals surface area contributed by atoms with Gasteiger partial charge in [-0.05, 0) is 26.1 Å². The maximum atomic E-state index is 4.61. The van der Waals surface area contributed by atoms with E-state index in [2.05, 4.69) is 27.5 Å². The van der Waals surface area contributed by atoms with Crippen molar-refractivity contribution < 1.29 is 0 Å². The number of nitrogens with zero attached hydrogens (tertiary/aromatic N) is 2. The Morgan fingerprint density at radius 1 is 1.31 bits per heavy atom. The maximum absolute atomic E-state index is 4.61. The van der Waals surface area contributed by atoms with Crippen molar-refractivity contribution in [2.45, 2.75) is 24.9 Å². The molecule has 0 amide bonds. The highest BCUT2D eigenvalue weighted by Gasteiger charge is 2.15. The molecule has 0 spiro atoms. The third-order valence-electron chi connectivity index (χ3n) is 2.69. The van der Waals surface area contributed by atoms with Crippen molar-refractivity contribution in [3.05, 3.63) is 11.3 Å². The molecule has 1 aliphatic rings. The zero-order valence-electron chi connectivity index (χ0n) is 9.84. The summed E-state index contributed by atoms with van der Waals surface area (Å²) in [6.07, 6.45) is 4.04. The van der Waals surface area contributed by atoms with Crippen LogP contribution in [0.2, 0.25) is 0 Å². The van der Waals surface area contributed by atoms with Gasteiger partial charge < -0.3 is 10.6 Å². The quantitative estimate of drug-likeness (QED) is 0.614. The fourth-order valence-corrected chi connectivity index (χ4v) is 2.31. The van der Waals surface area contributed by atoms with E-state index < -0.39 is 0 Å². The van der Waals surface area contributed by atoms with Crippen molar-refractivity contribution in [1.29, 1.82) is 0 Å². The Morgan fingerprint density at radius 3 is 2.88 bits per heavy atom. The maximum Gasteiger partial charge on any atom is 0.189 e. The fourth-order valence-electron chi connectivity index (χ4n) is 1.93. The normalized spacial score (nSPS) is 15.4. The lowest BCUT2D eigenvalue weighted by molar-refractivity contribution is 0.707. The lowest BCUT2D eigenvalue weighted by Crippen LogP contribution is -2.16. The summed E-state index contributed by atoms with van der Waals surface area (Å²) in [5.41, 5.74) is 2.50. The number of anilines is 1. The molecule has 0 atom stereocenters. The molecule has 1 aromatic rings. The van der Waals surface area contributed by atoms with Gasteiger partial charge in [-0.25, -0.2) is 9.97 Å². The summed E-state index contributed by atoms with van der Waals surface area (Å²) < 4.78 is 0. The van der Waals surface area contributed by atoms with Gasteiger partial charge >= 0.3 is 0 Å². The number of fused-ring (bicyclic) bond motifs is 1. The second-order valence-electron chi connectivity index (χ2n) is 3.76. The summed E-state index contributed by atoms with van der Waals surface area (Å²) in [6.45, 7) is 5.05. The SMILES string of the molecule is CCNc1nc(SC)nc2c1CCNCC2. The summed E-state index contributed by atoms with van der Waals surface area (Å²) in [4.78, 5) is 9.16. The van der Waals surface area contributed by atoms with Crippen LogP contribution in [0, 0.1) is 0 Å². The topological polar surface area (TPSA) is 49.8 Å². The number of thioether (sulfide) groups is 1. The number of aromatic nitrogens is 2. The van der Waals surface area contributed by atoms with Crippen LogP contribution < -0.4 is 10.6 Å². The van der Waals surface area contributed by atoms with E-state index in [4.69, 9.17) is 0 Å². The molecule has 2 N–H and O–H groups in total. The van der Waals surface area contributed by atoms with E-state index in [1.54, 1.807) is 11.8 Å². The van der Waals surface area contributed by atoms with Crippen molar-refractivity contribution in [1.82, 2.24) is 15.3 Å². The molecule has 88 valence electrons. The number of hydrogen-bond donors (Lipinski definition) is 2. The van der Waals surface area contributed by atoms with E-state index in [1.807, 2.05) is 6.26 Å². The minimum atomic E-state index is 0.872. The molecular weight excluding hydrogens is 220 g/mol. The Hall–Kier alpha value is -0.810. The third-order valence-corrected chi connectivity index (χ3v) is 3.24. The van der Waals surface area contributed by atoms with Crippen molar-refractivity contribution in [3.8, 4) is 0 Å². The smallest absolute Gasteiger partial charge is 0.189 e. The first-order valence-corrected chi connectivity index (χ1v) is 6.96. The molecular formula is C11H18N4S. The molecule has 1 aromatic heterocycles. The molecule has 0 saturated carbocycles. The van der Waals surface area contributed by atoms with E-state index in [0.717, 1.165) is 43.5 Å². The Labute approximate surface area is 101 Å². The van der Waals surface area contributed by atoms with Gasteiger partial charge in [-0.2, -0.15) is 0 Å². The Bertz CT molecular complexity index is 367. The predicted molar refractivity (Wildman–Crippen MR) is 68.3 cm³/mol. The molecule has 1 aliphatic heterocycles. The van der Waals surface area contributed by atoms with Gasteiger partial charge in [-0.15, -0.1) is 0 Å². The molecule has 2 heterocycles. The van der Waals surface area contributed by atoms with Crippen molar-refractivity contribution >= 4 is 17.6 Å². The largest absolute Gasteiger partial charge is 0.370 e. The summed E-state index contributed by atoms with van der Waals surface area (Å²) in [6, 6.07) is 0. The molecule has 5 heteroatoms. The van der Waals surface area contributed by atoms with Crippen LogP contribution in [0.5, 0.6) is 0 Å². The summed E-state index contributed by atoms with van der Waals surface area (Å²) in [5, 5.41) is 7.62. The summed E-state index contributed by atoms with van der Waals surface area (Å²) in [7, 11) is 0. The minimum absolute atomic E-state index is 0.872. The highest BCUT2D eigenvalue weighted by atomic mass is 32.2. The van der Waals surface area contributed by atoms with E-state index in [-0.39, 0.29) is 0 Å². The Morgan fingerprint density at radius 2 is 2.12 bits per heavy atom. The van der Waals surface area contributed by atoms with Crippen LogP contribution in [0.15, 0.2) is 5.16 Å². The standard InChI is InChI=1S/C11H18N4S/c1-3-13-10-8-4-6-12-7-5-9(8)14-11(15-10)16-2/h12H,3-7H2,1-2H3,(H,13,14,15). The highest BCUT2D eigenvalue weighted by Crippen LogP contribution is 2.22. The zero-order valence-corrected chi connectivity index (χ0v) is 10.7. The van der Waals surface area contributed by atoms with Gasteiger partial charge in [0.05, 0.1) is 5.69 Å². The second kappa shape index (κ2) is 5.50. The molecule has 0 fully saturated rings. The van der Waals surface area contributed by atoms with Crippen LogP contribution in [0.1, 0.15) is 18.2 Å². The summed E-state index contributed by atoms with van der Waals surface area (Å²) in [5.74, 6) is 1.03. The van der Waals surface area contributed by atoms with E-state index in [1.165, 1.54) is 11.3 Å². The van der Waals surface area contributed by atoms with Crippen LogP contribution in [0.3, 0.4) is 0 Å². The molecule has 0 bridgehead atoms. The molecule has 0 aliphatic carbocycles. The molecule has 4 nitrogen and oxygen atoms in total. The summed E-state index contributed by atoms with van der Waals surface area (Å²) >= 11 is 1.61. The molecule has 2 rings (SSSR count). The van der Waals surface area contributed by atoms with Crippen LogP contribution in [-0.2, 0) is 12.8 Å². The predicted octanol–water partition coefficient (Wildman–Crippen LogP) is 1.32. The average molecular weight is 238 g/mol. The molecule has 0 radical (unpaired) electrons. The van der Waals surface area contributed by atoms with Crippen LogP contribution in [0.4, 0.5) is 5.82 Å². The Kier molecular flexibility index (Phi) is 4.01. The van der Waals surface area contributed by atoms with Gasteiger partial charge in [0.15, 0.2) is 5.16 Å². The minimum Gasteiger partial charge on any atom is -0.370 e. The van der Waals surface area contributed by atoms with E-state index >= 15 is 0 Å². The fraction of sp³-hybridized carbons (Fsp3) is 0.636. The van der Waals surface area contributed by atoms with Crippen molar-refractivity contribution in [2.75, 3.05) is 31.2 Å². The second-order valence-corrected chi connectivity index (χ2v) is 4.54. The van der Waals surface area contributed by atoms with Crippen molar-refractivity contribution in [3.63, 3.8) is 0 Å². The number of nitrogens with one attached hydrogen (secondary N) is 2. The van der Waals surface area contributed by atoms with Gasteiger partial charge in [-0.3, -0.25) is 0 Å². The van der Waals surface area contributed by atoms with E-state index in [0.29, 0.717) is 0 Å². The van der Waals surface area contributed by atoms with E-state index in [9.17, 15) is 0 Å². The lowest BCUT2D eigenvalue weighted by atomic mass is 10.1. The van der Waals surface area contributed by atoms with Gasteiger partial charge in [0.2, 0.25) is 0 Å². The van der Waals surface area contributed by atoms with Gasteiger partial charge in [0.25, 0.3) is 0 Å². The highest BCUT2D eigenvalue weighted by molar-refractivity contribution is 7.98. The lowest BCUT2D eigenvalue weighted by Gasteiger charge is -2.12. The monoisotopic (exact) mass is 238 g/mol. The van der Waals surface area contributed by atoms with Crippen LogP contribution in [-0.4, -0.2) is 35.9 Å². The molecule has 0 saturated heterocycles. The van der Waals surface area contributed by atoms with Gasteiger partial charge in [0.1, 0.15) is 5.82 Å². The molecule has 0 unspecified atom stereocenters. The first kappa shape index (κ1) is 11.7. The van der Waals surface area contributed by atoms with Crippen molar-refractivity contribution in [2.24, 2.45) is 0 Å². The van der Waals surface area contributed by atoms with Gasteiger partial charge in [0, 0.05) is 25.1 Å². The molecule has 0 aromatic carbocycles. The molecule has 16 heavy (non-hydrogen) atoms. The number of hydrogen-bond acceptors (Lipinski definition) is 5. The number of rotatable bonds is 3. The van der Waals surface area contributed by atoms with Gasteiger partial charge in [-0.1, -0.05) is 11.8 Å². The zero-order chi connectivity index (χ0) is 11.4.